The lowest BCUT2D eigenvalue weighted by Crippen LogP contribution is -2.41. The minimum absolute atomic E-state index is 0.146. The molecule has 202 valence electrons. The number of hydrogen-bond acceptors (Lipinski definition) is 6. The standard InChI is InChI=1S/C28H29ClN6O4/c1-16(8-24(36)33-21-7-6-19(11-30)23(29)10-21)12-32-26(37)20-9-22-25(31-13-20)34(14-17-2-3-17)28(39)35(27(22)38)15-18-4-5-18/h6-7,9-10,13,16-18H,2-5,8,12,14-15H2,1H3,(H,32,37)(H,33,36). The highest BCUT2D eigenvalue weighted by Crippen LogP contribution is 2.31. The van der Waals surface area contributed by atoms with E-state index in [1.807, 2.05) is 13.0 Å². The molecule has 2 heterocycles. The van der Waals surface area contributed by atoms with Crippen molar-refractivity contribution in [2.45, 2.75) is 52.1 Å². The molecule has 10 nitrogen and oxygen atoms in total. The summed E-state index contributed by atoms with van der Waals surface area (Å²) >= 11 is 6.02. The van der Waals surface area contributed by atoms with Crippen molar-refractivity contribution >= 4 is 40.1 Å². The molecule has 2 fully saturated rings. The van der Waals surface area contributed by atoms with Crippen molar-refractivity contribution in [2.24, 2.45) is 17.8 Å². The van der Waals surface area contributed by atoms with Gasteiger partial charge in [0.25, 0.3) is 11.5 Å². The van der Waals surface area contributed by atoms with E-state index >= 15 is 0 Å². The van der Waals surface area contributed by atoms with Crippen LogP contribution in [0.1, 0.15) is 54.9 Å². The molecule has 1 unspecified atom stereocenters. The van der Waals surface area contributed by atoms with Crippen LogP contribution in [0.15, 0.2) is 40.1 Å². The van der Waals surface area contributed by atoms with Crippen molar-refractivity contribution in [1.29, 1.82) is 5.26 Å². The van der Waals surface area contributed by atoms with Gasteiger partial charge in [0.15, 0.2) is 0 Å². The lowest BCUT2D eigenvalue weighted by molar-refractivity contribution is -0.116. The summed E-state index contributed by atoms with van der Waals surface area (Å²) < 4.78 is 2.88. The van der Waals surface area contributed by atoms with Crippen LogP contribution >= 0.6 is 11.6 Å². The molecular weight excluding hydrogens is 520 g/mol. The number of carbonyl (C=O) groups is 2. The number of fused-ring (bicyclic) bond motifs is 1. The second-order valence-corrected chi connectivity index (χ2v) is 11.1. The maximum absolute atomic E-state index is 13.2. The zero-order valence-electron chi connectivity index (χ0n) is 21.6. The van der Waals surface area contributed by atoms with Crippen molar-refractivity contribution in [3.63, 3.8) is 0 Å². The van der Waals surface area contributed by atoms with Gasteiger partial charge in [-0.2, -0.15) is 5.26 Å². The number of halogens is 1. The van der Waals surface area contributed by atoms with E-state index in [1.54, 1.807) is 10.6 Å². The molecule has 1 atom stereocenters. The summed E-state index contributed by atoms with van der Waals surface area (Å²) in [5.41, 5.74) is 0.596. The summed E-state index contributed by atoms with van der Waals surface area (Å²) in [5.74, 6) is -0.0986. The van der Waals surface area contributed by atoms with E-state index in [9.17, 15) is 19.2 Å². The van der Waals surface area contributed by atoms with E-state index in [2.05, 4.69) is 15.6 Å². The Hall–Kier alpha value is -3.97. The Balaban J connectivity index is 1.26. The summed E-state index contributed by atoms with van der Waals surface area (Å²) in [5, 5.41) is 15.0. The van der Waals surface area contributed by atoms with Gasteiger partial charge in [0.05, 0.1) is 21.5 Å². The summed E-state index contributed by atoms with van der Waals surface area (Å²) in [7, 11) is 0. The van der Waals surface area contributed by atoms with Crippen LogP contribution in [-0.2, 0) is 17.9 Å². The maximum Gasteiger partial charge on any atom is 0.332 e. The van der Waals surface area contributed by atoms with Gasteiger partial charge in [-0.25, -0.2) is 9.78 Å². The number of nitrogens with zero attached hydrogens (tertiary/aromatic N) is 4. The maximum atomic E-state index is 13.2. The van der Waals surface area contributed by atoms with Gasteiger partial charge in [-0.05, 0) is 67.7 Å². The molecule has 11 heteroatoms. The van der Waals surface area contributed by atoms with E-state index in [-0.39, 0.29) is 46.5 Å². The molecule has 0 spiro atoms. The van der Waals surface area contributed by atoms with E-state index in [4.69, 9.17) is 16.9 Å². The predicted octanol–water partition coefficient (Wildman–Crippen LogP) is 3.30. The summed E-state index contributed by atoms with van der Waals surface area (Å²) in [6.45, 7) is 2.97. The van der Waals surface area contributed by atoms with Gasteiger partial charge >= 0.3 is 5.69 Å². The summed E-state index contributed by atoms with van der Waals surface area (Å²) in [6, 6.07) is 8.13. The Morgan fingerprint density at radius 1 is 1.13 bits per heavy atom. The lowest BCUT2D eigenvalue weighted by Gasteiger charge is -2.15. The van der Waals surface area contributed by atoms with Crippen LogP contribution in [0.3, 0.4) is 0 Å². The summed E-state index contributed by atoms with van der Waals surface area (Å²) in [6.07, 6.45) is 5.64. The third-order valence-corrected chi connectivity index (χ3v) is 7.43. The topological polar surface area (TPSA) is 139 Å². The number of benzene rings is 1. The zero-order valence-corrected chi connectivity index (χ0v) is 22.3. The number of nitrogens with one attached hydrogen (secondary N) is 2. The molecule has 0 bridgehead atoms. The molecule has 2 aliphatic rings. The van der Waals surface area contributed by atoms with E-state index in [0.717, 1.165) is 25.7 Å². The average Bonchev–Trinajstić information content (AvgIpc) is 3.84. The van der Waals surface area contributed by atoms with Gasteiger partial charge in [-0.3, -0.25) is 23.5 Å². The first-order valence-corrected chi connectivity index (χ1v) is 13.5. The average molecular weight is 549 g/mol. The van der Waals surface area contributed by atoms with E-state index in [0.29, 0.717) is 41.8 Å². The largest absolute Gasteiger partial charge is 0.352 e. The highest BCUT2D eigenvalue weighted by Gasteiger charge is 2.28. The number of hydrogen-bond donors (Lipinski definition) is 2. The third-order valence-electron chi connectivity index (χ3n) is 7.12. The fraction of sp³-hybridized carbons (Fsp3) is 0.429. The van der Waals surface area contributed by atoms with Crippen LogP contribution in [0.2, 0.25) is 5.02 Å². The van der Waals surface area contributed by atoms with Crippen molar-refractivity contribution in [2.75, 3.05) is 11.9 Å². The minimum Gasteiger partial charge on any atom is -0.352 e. The van der Waals surface area contributed by atoms with Crippen molar-refractivity contribution < 1.29 is 9.59 Å². The Morgan fingerprint density at radius 2 is 1.82 bits per heavy atom. The number of amides is 2. The molecule has 0 radical (unpaired) electrons. The fourth-order valence-electron chi connectivity index (χ4n) is 4.52. The number of nitriles is 1. The number of aromatic nitrogens is 3. The second kappa shape index (κ2) is 11.0. The number of anilines is 1. The van der Waals surface area contributed by atoms with Gasteiger partial charge in [-0.1, -0.05) is 18.5 Å². The first-order chi connectivity index (χ1) is 18.7. The smallest absolute Gasteiger partial charge is 0.332 e. The quantitative estimate of drug-likeness (QED) is 0.398. The summed E-state index contributed by atoms with van der Waals surface area (Å²) in [4.78, 5) is 56.1. The zero-order chi connectivity index (χ0) is 27.7. The molecule has 2 amide bonds. The molecule has 2 saturated carbocycles. The van der Waals surface area contributed by atoms with Crippen LogP contribution in [0.25, 0.3) is 11.0 Å². The number of pyridine rings is 1. The Morgan fingerprint density at radius 3 is 2.46 bits per heavy atom. The second-order valence-electron chi connectivity index (χ2n) is 10.7. The van der Waals surface area contributed by atoms with Crippen molar-refractivity contribution in [3.8, 4) is 6.07 Å². The van der Waals surface area contributed by atoms with Gasteiger partial charge in [0, 0.05) is 37.9 Å². The molecule has 2 N–H and O–H groups in total. The molecular formula is C28H29ClN6O4. The normalized spacial score (nSPS) is 15.5. The first kappa shape index (κ1) is 26.6. The molecule has 0 aliphatic heterocycles. The number of carbonyl (C=O) groups excluding carboxylic acids is 2. The highest BCUT2D eigenvalue weighted by molar-refractivity contribution is 6.32. The third kappa shape index (κ3) is 6.20. The molecule has 2 aliphatic carbocycles. The lowest BCUT2D eigenvalue weighted by atomic mass is 10.1. The molecule has 0 saturated heterocycles. The van der Waals surface area contributed by atoms with Gasteiger partial charge in [0.2, 0.25) is 5.91 Å². The van der Waals surface area contributed by atoms with Gasteiger partial charge in [-0.15, -0.1) is 0 Å². The monoisotopic (exact) mass is 548 g/mol. The van der Waals surface area contributed by atoms with Crippen molar-refractivity contribution in [3.05, 3.63) is 67.4 Å². The Labute approximate surface area is 229 Å². The van der Waals surface area contributed by atoms with Crippen LogP contribution in [0.4, 0.5) is 5.69 Å². The predicted molar refractivity (Wildman–Crippen MR) is 147 cm³/mol. The van der Waals surface area contributed by atoms with Crippen LogP contribution < -0.4 is 21.9 Å². The van der Waals surface area contributed by atoms with Crippen LogP contribution in [-0.4, -0.2) is 32.5 Å². The molecule has 5 rings (SSSR count). The molecule has 39 heavy (non-hydrogen) atoms. The Kier molecular flexibility index (Phi) is 7.53. The highest BCUT2D eigenvalue weighted by atomic mass is 35.5. The fourth-order valence-corrected chi connectivity index (χ4v) is 4.74. The SMILES string of the molecule is CC(CNC(=O)c1cnc2c(c1)c(=O)n(CC1CC1)c(=O)n2CC1CC1)CC(=O)Nc1ccc(C#N)c(Cl)c1. The first-order valence-electron chi connectivity index (χ1n) is 13.1. The Bertz CT molecular complexity index is 1610. The van der Waals surface area contributed by atoms with Gasteiger partial charge in [0.1, 0.15) is 11.7 Å². The minimum atomic E-state index is -0.413. The number of rotatable bonds is 10. The van der Waals surface area contributed by atoms with Gasteiger partial charge < -0.3 is 10.6 Å². The van der Waals surface area contributed by atoms with E-state index < -0.39 is 11.5 Å². The van der Waals surface area contributed by atoms with Crippen LogP contribution in [0.5, 0.6) is 0 Å². The molecule has 2 aromatic heterocycles. The van der Waals surface area contributed by atoms with E-state index in [1.165, 1.54) is 29.0 Å². The molecule has 1 aromatic carbocycles. The molecule has 3 aromatic rings. The van der Waals surface area contributed by atoms with Crippen LogP contribution in [0, 0.1) is 29.1 Å². The van der Waals surface area contributed by atoms with Crippen molar-refractivity contribution in [1.82, 2.24) is 19.4 Å².